The molecule has 1 aliphatic heterocycles. The zero-order valence-corrected chi connectivity index (χ0v) is 12.7. The Morgan fingerprint density at radius 3 is 3.05 bits per heavy atom. The summed E-state index contributed by atoms with van der Waals surface area (Å²) in [4.78, 5) is 0. The van der Waals surface area contributed by atoms with Crippen molar-refractivity contribution in [2.24, 2.45) is 0 Å². The van der Waals surface area contributed by atoms with Crippen LogP contribution in [0.3, 0.4) is 0 Å². The van der Waals surface area contributed by atoms with Crippen LogP contribution >= 0.6 is 12.2 Å². The molecule has 5 heteroatoms. The van der Waals surface area contributed by atoms with Crippen molar-refractivity contribution >= 4 is 17.3 Å². The second kappa shape index (κ2) is 8.07. The highest BCUT2D eigenvalue weighted by Gasteiger charge is 2.21. The Morgan fingerprint density at radius 1 is 1.40 bits per heavy atom. The number of rotatable bonds is 7. The number of ether oxygens (including phenoxy) is 2. The maximum Gasteiger partial charge on any atom is 0.166 e. The quantitative estimate of drug-likeness (QED) is 0.594. The molecule has 2 N–H and O–H groups in total. The summed E-state index contributed by atoms with van der Waals surface area (Å²) in [5, 5.41) is 7.06. The first-order valence-corrected chi connectivity index (χ1v) is 7.54. The van der Waals surface area contributed by atoms with Crippen molar-refractivity contribution in [1.82, 2.24) is 10.6 Å². The average molecular weight is 294 g/mol. The molecule has 20 heavy (non-hydrogen) atoms. The number of thiocarbonyl (C=S) groups is 1. The van der Waals surface area contributed by atoms with Crippen LogP contribution in [0.2, 0.25) is 0 Å². The fourth-order valence-corrected chi connectivity index (χ4v) is 2.34. The minimum Gasteiger partial charge on any atom is -0.488 e. The van der Waals surface area contributed by atoms with E-state index < -0.39 is 0 Å². The van der Waals surface area contributed by atoms with Gasteiger partial charge in [0, 0.05) is 26.2 Å². The van der Waals surface area contributed by atoms with Gasteiger partial charge in [0.15, 0.2) is 5.11 Å². The Kier molecular flexibility index (Phi) is 6.08. The van der Waals surface area contributed by atoms with Crippen LogP contribution in [-0.4, -0.2) is 37.5 Å². The van der Waals surface area contributed by atoms with Crippen LogP contribution in [0.25, 0.3) is 0 Å². The summed E-state index contributed by atoms with van der Waals surface area (Å²) in [5.41, 5.74) is 1.27. The Balaban J connectivity index is 1.59. The van der Waals surface area contributed by atoms with Gasteiger partial charge in [-0.15, -0.1) is 0 Å². The number of fused-ring (bicyclic) bond motifs is 1. The Hall–Kier alpha value is -1.33. The van der Waals surface area contributed by atoms with E-state index in [1.165, 1.54) is 5.56 Å². The van der Waals surface area contributed by atoms with E-state index in [-0.39, 0.29) is 6.10 Å². The molecule has 0 saturated carbocycles. The lowest BCUT2D eigenvalue weighted by Crippen LogP contribution is -2.41. The van der Waals surface area contributed by atoms with E-state index in [0.29, 0.717) is 5.11 Å². The third-order valence-corrected chi connectivity index (χ3v) is 3.45. The third kappa shape index (κ3) is 4.65. The lowest BCUT2D eigenvalue weighted by atomic mass is 10.1. The van der Waals surface area contributed by atoms with Crippen molar-refractivity contribution in [3.63, 3.8) is 0 Å². The highest BCUT2D eigenvalue weighted by molar-refractivity contribution is 7.80. The van der Waals surface area contributed by atoms with Gasteiger partial charge >= 0.3 is 0 Å². The van der Waals surface area contributed by atoms with E-state index in [9.17, 15) is 0 Å². The first-order valence-electron chi connectivity index (χ1n) is 7.13. The van der Waals surface area contributed by atoms with Gasteiger partial charge in [0.1, 0.15) is 11.9 Å². The maximum absolute atomic E-state index is 5.84. The van der Waals surface area contributed by atoms with E-state index in [4.69, 9.17) is 21.7 Å². The second-order valence-electron chi connectivity index (χ2n) is 4.74. The van der Waals surface area contributed by atoms with Gasteiger partial charge in [-0.3, -0.25) is 0 Å². The van der Waals surface area contributed by atoms with Gasteiger partial charge in [-0.1, -0.05) is 18.2 Å². The summed E-state index contributed by atoms with van der Waals surface area (Å²) in [6.07, 6.45) is 2.06. The van der Waals surface area contributed by atoms with E-state index in [1.807, 2.05) is 25.1 Å². The molecule has 1 aromatic carbocycles. The molecule has 1 atom stereocenters. The molecule has 1 unspecified atom stereocenters. The van der Waals surface area contributed by atoms with Gasteiger partial charge in [0.05, 0.1) is 6.54 Å². The van der Waals surface area contributed by atoms with Crippen molar-refractivity contribution < 1.29 is 9.47 Å². The number of nitrogens with one attached hydrogen (secondary N) is 2. The van der Waals surface area contributed by atoms with Crippen LogP contribution in [0.5, 0.6) is 5.75 Å². The van der Waals surface area contributed by atoms with Crippen LogP contribution in [0.1, 0.15) is 18.9 Å². The van der Waals surface area contributed by atoms with Crippen molar-refractivity contribution in [3.05, 3.63) is 29.8 Å². The fraction of sp³-hybridized carbons (Fsp3) is 0.533. The molecule has 0 saturated heterocycles. The van der Waals surface area contributed by atoms with E-state index in [0.717, 1.165) is 44.9 Å². The van der Waals surface area contributed by atoms with Crippen molar-refractivity contribution in [2.75, 3.05) is 26.3 Å². The molecule has 0 spiro atoms. The lowest BCUT2D eigenvalue weighted by Gasteiger charge is -2.14. The van der Waals surface area contributed by atoms with Crippen LogP contribution in [0.15, 0.2) is 24.3 Å². The van der Waals surface area contributed by atoms with Crippen molar-refractivity contribution in [1.29, 1.82) is 0 Å². The van der Waals surface area contributed by atoms with E-state index in [1.54, 1.807) is 0 Å². The Bertz CT molecular complexity index is 415. The monoisotopic (exact) mass is 294 g/mol. The minimum atomic E-state index is 0.163. The molecule has 0 amide bonds. The summed E-state index contributed by atoms with van der Waals surface area (Å²) in [6, 6.07) is 8.17. The molecule has 0 radical (unpaired) electrons. The molecule has 1 aromatic rings. The van der Waals surface area contributed by atoms with Crippen LogP contribution in [-0.2, 0) is 11.2 Å². The maximum atomic E-state index is 5.84. The molecule has 0 fully saturated rings. The van der Waals surface area contributed by atoms with Gasteiger partial charge in [-0.2, -0.15) is 0 Å². The number of para-hydroxylation sites is 1. The Morgan fingerprint density at radius 2 is 2.25 bits per heavy atom. The molecule has 1 heterocycles. The molecule has 110 valence electrons. The van der Waals surface area contributed by atoms with Crippen LogP contribution in [0.4, 0.5) is 0 Å². The van der Waals surface area contributed by atoms with E-state index in [2.05, 4.69) is 16.7 Å². The molecule has 1 aliphatic rings. The first kappa shape index (κ1) is 15.1. The molecular formula is C15H22N2O2S. The molecule has 0 aliphatic carbocycles. The highest BCUT2D eigenvalue weighted by atomic mass is 32.1. The standard InChI is InChI=1S/C15H22N2O2S/c1-2-18-9-5-8-16-15(20)17-11-13-10-12-6-3-4-7-14(12)19-13/h3-4,6-7,13H,2,5,8-11H2,1H3,(H2,16,17,20). The number of hydrogen-bond donors (Lipinski definition) is 2. The van der Waals surface area contributed by atoms with Crippen molar-refractivity contribution in [3.8, 4) is 5.75 Å². The van der Waals surface area contributed by atoms with Gasteiger partial charge in [0.2, 0.25) is 0 Å². The van der Waals surface area contributed by atoms with Crippen molar-refractivity contribution in [2.45, 2.75) is 25.9 Å². The summed E-state index contributed by atoms with van der Waals surface area (Å²) >= 11 is 5.23. The highest BCUT2D eigenvalue weighted by Crippen LogP contribution is 2.27. The molecule has 2 rings (SSSR count). The summed E-state index contributed by atoms with van der Waals surface area (Å²) in [5.74, 6) is 0.995. The largest absolute Gasteiger partial charge is 0.488 e. The van der Waals surface area contributed by atoms with Gasteiger partial charge in [-0.05, 0) is 37.2 Å². The number of benzene rings is 1. The summed E-state index contributed by atoms with van der Waals surface area (Å²) in [7, 11) is 0. The van der Waals surface area contributed by atoms with E-state index >= 15 is 0 Å². The topological polar surface area (TPSA) is 42.5 Å². The second-order valence-corrected chi connectivity index (χ2v) is 5.15. The summed E-state index contributed by atoms with van der Waals surface area (Å²) in [6.45, 7) is 5.10. The van der Waals surface area contributed by atoms with Gasteiger partial charge in [0.25, 0.3) is 0 Å². The minimum absolute atomic E-state index is 0.163. The molecule has 0 aromatic heterocycles. The molecular weight excluding hydrogens is 272 g/mol. The number of hydrogen-bond acceptors (Lipinski definition) is 3. The third-order valence-electron chi connectivity index (χ3n) is 3.16. The smallest absolute Gasteiger partial charge is 0.166 e. The van der Waals surface area contributed by atoms with Crippen LogP contribution < -0.4 is 15.4 Å². The van der Waals surface area contributed by atoms with Gasteiger partial charge < -0.3 is 20.1 Å². The summed E-state index contributed by atoms with van der Waals surface area (Å²) < 4.78 is 11.1. The molecule has 4 nitrogen and oxygen atoms in total. The predicted molar refractivity (Wildman–Crippen MR) is 84.3 cm³/mol. The normalized spacial score (nSPS) is 16.4. The first-order chi connectivity index (χ1) is 9.79. The zero-order valence-electron chi connectivity index (χ0n) is 11.9. The zero-order chi connectivity index (χ0) is 14.2. The Labute approximate surface area is 125 Å². The fourth-order valence-electron chi connectivity index (χ4n) is 2.16. The average Bonchev–Trinajstić information content (AvgIpc) is 2.88. The van der Waals surface area contributed by atoms with Gasteiger partial charge in [-0.25, -0.2) is 0 Å². The lowest BCUT2D eigenvalue weighted by molar-refractivity contribution is 0.145. The predicted octanol–water partition coefficient (Wildman–Crippen LogP) is 1.88. The SMILES string of the molecule is CCOCCCNC(=S)NCC1Cc2ccccc2O1. The molecule has 0 bridgehead atoms. The van der Waals surface area contributed by atoms with Crippen LogP contribution in [0, 0.1) is 0 Å².